The van der Waals surface area contributed by atoms with E-state index in [4.69, 9.17) is 33.0 Å². The van der Waals surface area contributed by atoms with Crippen LogP contribution in [0.4, 0.5) is 5.69 Å². The summed E-state index contributed by atoms with van der Waals surface area (Å²) >= 11 is 12.2. The van der Waals surface area contributed by atoms with Crippen molar-refractivity contribution in [1.29, 1.82) is 0 Å². The molecule has 1 heterocycles. The number of aryl methyl sites for hydroxylation is 1. The number of aromatic carboxylic acids is 1. The number of nitrogens with zero attached hydrogens (tertiary/aromatic N) is 2. The molecular formula is C21H18Cl2N2O3. The van der Waals surface area contributed by atoms with Gasteiger partial charge in [0, 0.05) is 33.9 Å². The summed E-state index contributed by atoms with van der Waals surface area (Å²) in [5.41, 5.74) is 4.32. The van der Waals surface area contributed by atoms with E-state index in [0.29, 0.717) is 16.5 Å². The smallest absolute Gasteiger partial charge is 0.337 e. The van der Waals surface area contributed by atoms with Crippen molar-refractivity contribution in [1.82, 2.24) is 4.57 Å². The van der Waals surface area contributed by atoms with Crippen LogP contribution < -0.4 is 4.74 Å². The van der Waals surface area contributed by atoms with E-state index < -0.39 is 5.97 Å². The van der Waals surface area contributed by atoms with Crippen molar-refractivity contribution in [3.63, 3.8) is 0 Å². The van der Waals surface area contributed by atoms with Gasteiger partial charge in [-0.3, -0.25) is 4.99 Å². The minimum Gasteiger partial charge on any atom is -0.494 e. The Bertz CT molecular complexity index is 1090. The Labute approximate surface area is 172 Å². The fourth-order valence-electron chi connectivity index (χ4n) is 3.04. The highest BCUT2D eigenvalue weighted by Crippen LogP contribution is 2.31. The zero-order valence-electron chi connectivity index (χ0n) is 15.5. The average Bonchev–Trinajstić information content (AvgIpc) is 2.93. The van der Waals surface area contributed by atoms with E-state index in [1.165, 1.54) is 6.07 Å². The summed E-state index contributed by atoms with van der Waals surface area (Å²) in [5, 5.41) is 9.92. The predicted molar refractivity (Wildman–Crippen MR) is 112 cm³/mol. The number of carboxylic acid groups (broad SMARTS) is 1. The molecule has 0 amide bonds. The van der Waals surface area contributed by atoms with Crippen molar-refractivity contribution in [3.05, 3.63) is 75.0 Å². The average molecular weight is 417 g/mol. The lowest BCUT2D eigenvalue weighted by Gasteiger charge is -2.11. The Kier molecular flexibility index (Phi) is 5.77. The van der Waals surface area contributed by atoms with Gasteiger partial charge in [0.2, 0.25) is 0 Å². The van der Waals surface area contributed by atoms with Gasteiger partial charge in [-0.15, -0.1) is 0 Å². The summed E-state index contributed by atoms with van der Waals surface area (Å²) in [4.78, 5) is 15.7. The maximum absolute atomic E-state index is 11.2. The number of methoxy groups -OCH3 is 1. The van der Waals surface area contributed by atoms with E-state index in [1.807, 2.05) is 24.5 Å². The SMILES string of the molecule is COc1ccc(Cl)cc1N=Cc1cc(C)n(-c2ccc(C(=O)O)c(Cl)c2)c1C. The topological polar surface area (TPSA) is 63.8 Å². The molecule has 0 saturated carbocycles. The Morgan fingerprint density at radius 1 is 1.14 bits per heavy atom. The van der Waals surface area contributed by atoms with Crippen LogP contribution in [-0.4, -0.2) is 29.0 Å². The molecule has 0 saturated heterocycles. The first-order valence-electron chi connectivity index (χ1n) is 8.41. The molecule has 0 aliphatic carbocycles. The highest BCUT2D eigenvalue weighted by Gasteiger charge is 2.14. The standard InChI is InChI=1S/C21H18Cl2N2O3/c1-12-8-14(11-24-19-9-15(22)4-7-20(19)28-3)13(2)25(12)16-5-6-17(21(26)27)18(23)10-16/h4-11H,1-3H3,(H,26,27). The molecule has 0 atom stereocenters. The number of hydrogen-bond acceptors (Lipinski definition) is 3. The van der Waals surface area contributed by atoms with E-state index in [1.54, 1.807) is 43.7 Å². The van der Waals surface area contributed by atoms with Crippen LogP contribution in [-0.2, 0) is 0 Å². The normalized spacial score (nSPS) is 11.2. The first-order chi connectivity index (χ1) is 13.3. The predicted octanol–water partition coefficient (Wildman–Crippen LogP) is 5.86. The third-order valence-electron chi connectivity index (χ3n) is 4.40. The maximum Gasteiger partial charge on any atom is 0.337 e. The van der Waals surface area contributed by atoms with Crippen molar-refractivity contribution >= 4 is 41.1 Å². The molecule has 5 nitrogen and oxygen atoms in total. The van der Waals surface area contributed by atoms with Gasteiger partial charge in [-0.05, 0) is 56.3 Å². The third-order valence-corrected chi connectivity index (χ3v) is 4.94. The van der Waals surface area contributed by atoms with Gasteiger partial charge in [0.25, 0.3) is 0 Å². The number of ether oxygens (including phenoxy) is 1. The van der Waals surface area contributed by atoms with Gasteiger partial charge >= 0.3 is 5.97 Å². The lowest BCUT2D eigenvalue weighted by Crippen LogP contribution is -2.02. The molecule has 28 heavy (non-hydrogen) atoms. The van der Waals surface area contributed by atoms with Gasteiger partial charge in [-0.2, -0.15) is 0 Å². The number of rotatable bonds is 5. The van der Waals surface area contributed by atoms with Crippen LogP contribution in [0, 0.1) is 13.8 Å². The van der Waals surface area contributed by atoms with Crippen LogP contribution in [0.25, 0.3) is 5.69 Å². The number of benzene rings is 2. The van der Waals surface area contributed by atoms with E-state index in [9.17, 15) is 4.79 Å². The van der Waals surface area contributed by atoms with Crippen LogP contribution in [0.2, 0.25) is 10.0 Å². The lowest BCUT2D eigenvalue weighted by molar-refractivity contribution is 0.0697. The van der Waals surface area contributed by atoms with Gasteiger partial charge in [0.05, 0.1) is 17.7 Å². The lowest BCUT2D eigenvalue weighted by atomic mass is 10.2. The van der Waals surface area contributed by atoms with Gasteiger partial charge in [-0.25, -0.2) is 4.79 Å². The van der Waals surface area contributed by atoms with Crippen LogP contribution in [0.3, 0.4) is 0 Å². The third kappa shape index (κ3) is 3.91. The monoisotopic (exact) mass is 416 g/mol. The fourth-order valence-corrected chi connectivity index (χ4v) is 3.46. The molecule has 2 aromatic carbocycles. The number of hydrogen-bond donors (Lipinski definition) is 1. The Hall–Kier alpha value is -2.76. The Morgan fingerprint density at radius 2 is 1.89 bits per heavy atom. The van der Waals surface area contributed by atoms with Crippen molar-refractivity contribution in [2.75, 3.05) is 7.11 Å². The summed E-state index contributed by atoms with van der Waals surface area (Å²) in [6.07, 6.45) is 1.75. The largest absolute Gasteiger partial charge is 0.494 e. The fraction of sp³-hybridized carbons (Fsp3) is 0.143. The van der Waals surface area contributed by atoms with E-state index in [0.717, 1.165) is 22.6 Å². The van der Waals surface area contributed by atoms with Gasteiger partial charge < -0.3 is 14.4 Å². The van der Waals surface area contributed by atoms with Gasteiger partial charge in [0.15, 0.2) is 0 Å². The minimum absolute atomic E-state index is 0.0720. The molecule has 0 radical (unpaired) electrons. The van der Waals surface area contributed by atoms with Crippen molar-refractivity contribution in [2.24, 2.45) is 4.99 Å². The van der Waals surface area contributed by atoms with Crippen molar-refractivity contribution < 1.29 is 14.6 Å². The van der Waals surface area contributed by atoms with E-state index in [2.05, 4.69) is 4.99 Å². The quantitative estimate of drug-likeness (QED) is 0.529. The van der Waals surface area contributed by atoms with E-state index in [-0.39, 0.29) is 10.6 Å². The van der Waals surface area contributed by atoms with Crippen LogP contribution in [0.15, 0.2) is 47.5 Å². The van der Waals surface area contributed by atoms with Gasteiger partial charge in [0.1, 0.15) is 11.4 Å². The zero-order valence-corrected chi connectivity index (χ0v) is 17.0. The molecule has 0 spiro atoms. The molecule has 1 N–H and O–H groups in total. The molecule has 3 rings (SSSR count). The first kappa shape index (κ1) is 20.0. The molecule has 0 fully saturated rings. The van der Waals surface area contributed by atoms with Crippen molar-refractivity contribution in [2.45, 2.75) is 13.8 Å². The second kappa shape index (κ2) is 8.09. The minimum atomic E-state index is -1.05. The molecule has 1 aromatic heterocycles. The van der Waals surface area contributed by atoms with Crippen LogP contribution >= 0.6 is 23.2 Å². The summed E-state index contributed by atoms with van der Waals surface area (Å²) < 4.78 is 7.31. The number of aromatic nitrogens is 1. The summed E-state index contributed by atoms with van der Waals surface area (Å²) in [7, 11) is 1.58. The number of aliphatic imine (C=N–C) groups is 1. The second-order valence-corrected chi connectivity index (χ2v) is 7.05. The summed E-state index contributed by atoms with van der Waals surface area (Å²) in [6, 6.07) is 12.1. The second-order valence-electron chi connectivity index (χ2n) is 6.21. The molecule has 7 heteroatoms. The van der Waals surface area contributed by atoms with Gasteiger partial charge in [-0.1, -0.05) is 23.2 Å². The summed E-state index contributed by atoms with van der Waals surface area (Å²) in [5.74, 6) is -0.425. The number of halogens is 2. The Morgan fingerprint density at radius 3 is 2.54 bits per heavy atom. The molecule has 0 aliphatic heterocycles. The first-order valence-corrected chi connectivity index (χ1v) is 9.17. The van der Waals surface area contributed by atoms with Crippen LogP contribution in [0.5, 0.6) is 5.75 Å². The van der Waals surface area contributed by atoms with Crippen molar-refractivity contribution in [3.8, 4) is 11.4 Å². The highest BCUT2D eigenvalue weighted by atomic mass is 35.5. The van der Waals surface area contributed by atoms with E-state index >= 15 is 0 Å². The molecule has 0 bridgehead atoms. The summed E-state index contributed by atoms with van der Waals surface area (Å²) in [6.45, 7) is 3.92. The molecule has 3 aromatic rings. The molecular weight excluding hydrogens is 399 g/mol. The molecule has 0 aliphatic rings. The number of carboxylic acids is 1. The zero-order chi connectivity index (χ0) is 20.4. The number of carbonyl (C=O) groups is 1. The molecule has 144 valence electrons. The maximum atomic E-state index is 11.2. The molecule has 0 unspecified atom stereocenters. The Balaban J connectivity index is 2.00. The highest BCUT2D eigenvalue weighted by molar-refractivity contribution is 6.33. The van der Waals surface area contributed by atoms with Crippen LogP contribution in [0.1, 0.15) is 27.3 Å².